The van der Waals surface area contributed by atoms with Gasteiger partial charge in [-0.1, -0.05) is 0 Å². The van der Waals surface area contributed by atoms with E-state index in [1.54, 1.807) is 16.2 Å². The van der Waals surface area contributed by atoms with Crippen molar-refractivity contribution in [2.75, 3.05) is 0 Å². The molecule has 0 bridgehead atoms. The van der Waals surface area contributed by atoms with Crippen LogP contribution in [0.5, 0.6) is 0 Å². The quantitative estimate of drug-likeness (QED) is 0.689. The molecule has 1 amide bonds. The van der Waals surface area contributed by atoms with Gasteiger partial charge in [0.1, 0.15) is 0 Å². The standard InChI is InChI=1S/C9H9NO2S/c11-8(12)10-5-6-1-4-13-7(6)9(10)2-3-9/h1,4H,2-3,5H2,(H,11,12). The molecule has 4 heteroatoms. The van der Waals surface area contributed by atoms with E-state index in [9.17, 15) is 4.79 Å². The predicted octanol–water partition coefficient (Wildman–Crippen LogP) is 2.23. The van der Waals surface area contributed by atoms with Crippen LogP contribution in [0.15, 0.2) is 11.4 Å². The highest BCUT2D eigenvalue weighted by atomic mass is 32.1. The summed E-state index contributed by atoms with van der Waals surface area (Å²) in [6.07, 6.45) is 1.24. The molecule has 0 radical (unpaired) electrons. The van der Waals surface area contributed by atoms with Crippen LogP contribution in [0, 0.1) is 0 Å². The molecule has 1 spiro atoms. The molecule has 1 saturated carbocycles. The second-order valence-electron chi connectivity index (χ2n) is 3.68. The first kappa shape index (κ1) is 7.38. The molecule has 2 heterocycles. The van der Waals surface area contributed by atoms with E-state index in [1.807, 2.05) is 6.07 Å². The number of thiophene rings is 1. The Bertz CT molecular complexity index is 381. The number of nitrogens with zero attached hydrogens (tertiary/aromatic N) is 1. The Balaban J connectivity index is 2.09. The topological polar surface area (TPSA) is 40.5 Å². The van der Waals surface area contributed by atoms with Gasteiger partial charge in [0, 0.05) is 4.88 Å². The van der Waals surface area contributed by atoms with Gasteiger partial charge < -0.3 is 5.11 Å². The fourth-order valence-corrected chi connectivity index (χ4v) is 3.37. The van der Waals surface area contributed by atoms with Gasteiger partial charge in [-0.3, -0.25) is 4.90 Å². The summed E-state index contributed by atoms with van der Waals surface area (Å²) in [7, 11) is 0. The fourth-order valence-electron chi connectivity index (χ4n) is 2.18. The third-order valence-corrected chi connectivity index (χ3v) is 4.12. The normalized spacial score (nSPS) is 22.0. The van der Waals surface area contributed by atoms with Crippen LogP contribution in [-0.2, 0) is 12.1 Å². The lowest BCUT2D eigenvalue weighted by Gasteiger charge is -2.20. The van der Waals surface area contributed by atoms with E-state index < -0.39 is 6.09 Å². The van der Waals surface area contributed by atoms with Gasteiger partial charge in [0.2, 0.25) is 0 Å². The monoisotopic (exact) mass is 195 g/mol. The summed E-state index contributed by atoms with van der Waals surface area (Å²) in [6, 6.07) is 2.04. The Kier molecular flexibility index (Phi) is 1.17. The smallest absolute Gasteiger partial charge is 0.408 e. The van der Waals surface area contributed by atoms with Crippen LogP contribution >= 0.6 is 11.3 Å². The summed E-state index contributed by atoms with van der Waals surface area (Å²) >= 11 is 1.70. The van der Waals surface area contributed by atoms with Crippen molar-refractivity contribution in [1.82, 2.24) is 4.90 Å². The van der Waals surface area contributed by atoms with E-state index in [-0.39, 0.29) is 5.54 Å². The second kappa shape index (κ2) is 2.07. The van der Waals surface area contributed by atoms with Crippen molar-refractivity contribution in [3.05, 3.63) is 21.9 Å². The van der Waals surface area contributed by atoms with Crippen LogP contribution in [0.25, 0.3) is 0 Å². The van der Waals surface area contributed by atoms with Crippen LogP contribution in [0.1, 0.15) is 23.3 Å². The van der Waals surface area contributed by atoms with Crippen molar-refractivity contribution in [3.63, 3.8) is 0 Å². The van der Waals surface area contributed by atoms with Crippen molar-refractivity contribution in [2.45, 2.75) is 24.9 Å². The first-order chi connectivity index (χ1) is 6.24. The molecular weight excluding hydrogens is 186 g/mol. The van der Waals surface area contributed by atoms with Crippen molar-refractivity contribution in [1.29, 1.82) is 0 Å². The molecule has 1 aliphatic heterocycles. The Morgan fingerprint density at radius 2 is 2.38 bits per heavy atom. The number of carbonyl (C=O) groups is 1. The van der Waals surface area contributed by atoms with Crippen LogP contribution in [0.3, 0.4) is 0 Å². The molecule has 1 aromatic heterocycles. The lowest BCUT2D eigenvalue weighted by molar-refractivity contribution is 0.122. The van der Waals surface area contributed by atoms with Crippen LogP contribution in [-0.4, -0.2) is 16.1 Å². The summed E-state index contributed by atoms with van der Waals surface area (Å²) in [6.45, 7) is 0.591. The maximum Gasteiger partial charge on any atom is 0.408 e. The number of hydrogen-bond donors (Lipinski definition) is 1. The Labute approximate surface area is 79.6 Å². The highest BCUT2D eigenvalue weighted by Crippen LogP contribution is 2.58. The predicted molar refractivity (Wildman–Crippen MR) is 48.8 cm³/mol. The summed E-state index contributed by atoms with van der Waals surface area (Å²) in [5.41, 5.74) is 1.11. The number of rotatable bonds is 0. The molecule has 1 N–H and O–H groups in total. The molecule has 1 aliphatic carbocycles. The first-order valence-corrected chi connectivity index (χ1v) is 5.19. The van der Waals surface area contributed by atoms with Gasteiger partial charge in [0.15, 0.2) is 0 Å². The average molecular weight is 195 g/mol. The number of amides is 1. The van der Waals surface area contributed by atoms with Crippen molar-refractivity contribution in [3.8, 4) is 0 Å². The zero-order chi connectivity index (χ0) is 9.05. The molecule has 3 nitrogen and oxygen atoms in total. The molecule has 13 heavy (non-hydrogen) atoms. The molecule has 0 atom stereocenters. The van der Waals surface area contributed by atoms with Gasteiger partial charge in [-0.2, -0.15) is 0 Å². The highest BCUT2D eigenvalue weighted by Gasteiger charge is 2.57. The third-order valence-electron chi connectivity index (χ3n) is 2.97. The third kappa shape index (κ3) is 0.765. The Hall–Kier alpha value is -1.03. The largest absolute Gasteiger partial charge is 0.465 e. The van der Waals surface area contributed by atoms with Gasteiger partial charge >= 0.3 is 6.09 Å². The minimum absolute atomic E-state index is 0.102. The molecule has 2 aliphatic rings. The van der Waals surface area contributed by atoms with Crippen molar-refractivity contribution >= 4 is 17.4 Å². The van der Waals surface area contributed by atoms with E-state index in [4.69, 9.17) is 5.11 Å². The molecule has 0 saturated heterocycles. The minimum Gasteiger partial charge on any atom is -0.465 e. The molecule has 1 fully saturated rings. The van der Waals surface area contributed by atoms with Crippen molar-refractivity contribution < 1.29 is 9.90 Å². The molecule has 3 rings (SSSR count). The van der Waals surface area contributed by atoms with E-state index in [2.05, 4.69) is 5.38 Å². The second-order valence-corrected chi connectivity index (χ2v) is 4.59. The van der Waals surface area contributed by atoms with Crippen LogP contribution in [0.2, 0.25) is 0 Å². The molecule has 1 aromatic rings. The minimum atomic E-state index is -0.777. The average Bonchev–Trinajstić information content (AvgIpc) is 2.60. The maximum absolute atomic E-state index is 11.0. The molecule has 0 aromatic carbocycles. The van der Waals surface area contributed by atoms with Gasteiger partial charge in [-0.15, -0.1) is 11.3 Å². The maximum atomic E-state index is 11.0. The van der Waals surface area contributed by atoms with Gasteiger partial charge in [0.05, 0.1) is 12.1 Å². The molecular formula is C9H9NO2S. The van der Waals surface area contributed by atoms with E-state index >= 15 is 0 Å². The zero-order valence-corrected chi connectivity index (χ0v) is 7.80. The fraction of sp³-hybridized carbons (Fsp3) is 0.444. The lowest BCUT2D eigenvalue weighted by atomic mass is 10.2. The Morgan fingerprint density at radius 3 is 3.00 bits per heavy atom. The summed E-state index contributed by atoms with van der Waals surface area (Å²) in [5, 5.41) is 11.1. The number of carboxylic acid groups (broad SMARTS) is 1. The first-order valence-electron chi connectivity index (χ1n) is 4.31. The van der Waals surface area contributed by atoms with E-state index in [0.717, 1.165) is 12.8 Å². The summed E-state index contributed by atoms with van der Waals surface area (Å²) in [4.78, 5) is 13.8. The number of fused-ring (bicyclic) bond motifs is 2. The molecule has 0 unspecified atom stereocenters. The van der Waals surface area contributed by atoms with Gasteiger partial charge in [-0.05, 0) is 29.9 Å². The van der Waals surface area contributed by atoms with Gasteiger partial charge in [-0.25, -0.2) is 4.79 Å². The van der Waals surface area contributed by atoms with E-state index in [1.165, 1.54) is 10.4 Å². The summed E-state index contributed by atoms with van der Waals surface area (Å²) in [5.74, 6) is 0. The Morgan fingerprint density at radius 1 is 1.62 bits per heavy atom. The SMILES string of the molecule is O=C(O)N1Cc2ccsc2C12CC2. The van der Waals surface area contributed by atoms with Crippen LogP contribution < -0.4 is 0 Å². The lowest BCUT2D eigenvalue weighted by Crippen LogP contribution is -2.33. The zero-order valence-electron chi connectivity index (χ0n) is 6.99. The number of hydrogen-bond acceptors (Lipinski definition) is 2. The highest BCUT2D eigenvalue weighted by molar-refractivity contribution is 7.10. The summed E-state index contributed by atoms with van der Waals surface area (Å²) < 4.78 is 0. The van der Waals surface area contributed by atoms with E-state index in [0.29, 0.717) is 6.54 Å². The van der Waals surface area contributed by atoms with Gasteiger partial charge in [0.25, 0.3) is 0 Å². The van der Waals surface area contributed by atoms with Crippen LogP contribution in [0.4, 0.5) is 4.79 Å². The van der Waals surface area contributed by atoms with Crippen molar-refractivity contribution in [2.24, 2.45) is 0 Å². The molecule has 68 valence electrons.